The maximum absolute atomic E-state index is 13.3. The summed E-state index contributed by atoms with van der Waals surface area (Å²) in [6.45, 7) is 2.19. The van der Waals surface area contributed by atoms with Crippen molar-refractivity contribution in [1.82, 2.24) is 4.90 Å². The van der Waals surface area contributed by atoms with Crippen LogP contribution in [0.1, 0.15) is 28.8 Å². The molecule has 1 fully saturated rings. The smallest absolute Gasteiger partial charge is 0.338 e. The molecule has 0 saturated carbocycles. The number of carbonyl (C=O) groups excluding carboxylic acids is 1. The van der Waals surface area contributed by atoms with Crippen molar-refractivity contribution in [2.24, 2.45) is 0 Å². The van der Waals surface area contributed by atoms with Crippen molar-refractivity contribution in [3.05, 3.63) is 35.1 Å². The summed E-state index contributed by atoms with van der Waals surface area (Å²) >= 11 is 0. The Morgan fingerprint density at radius 3 is 3.00 bits per heavy atom. The van der Waals surface area contributed by atoms with Gasteiger partial charge in [0, 0.05) is 19.7 Å². The van der Waals surface area contributed by atoms with Crippen molar-refractivity contribution >= 4 is 5.97 Å². The van der Waals surface area contributed by atoms with Gasteiger partial charge in [-0.2, -0.15) is 0 Å². The van der Waals surface area contributed by atoms with Gasteiger partial charge in [-0.05, 0) is 37.6 Å². The maximum Gasteiger partial charge on any atom is 0.338 e. The molecule has 0 bridgehead atoms. The van der Waals surface area contributed by atoms with Crippen LogP contribution in [-0.2, 0) is 16.0 Å². The molecular formula is C15H20FNO3. The summed E-state index contributed by atoms with van der Waals surface area (Å²) in [5.41, 5.74) is 1.05. The van der Waals surface area contributed by atoms with Crippen LogP contribution >= 0.6 is 0 Å². The Hall–Kier alpha value is -1.46. The van der Waals surface area contributed by atoms with Gasteiger partial charge < -0.3 is 9.47 Å². The van der Waals surface area contributed by atoms with Gasteiger partial charge in [0.05, 0.1) is 18.8 Å². The van der Waals surface area contributed by atoms with Crippen LogP contribution in [0.15, 0.2) is 18.2 Å². The van der Waals surface area contributed by atoms with Crippen LogP contribution in [0.2, 0.25) is 0 Å². The zero-order valence-corrected chi connectivity index (χ0v) is 11.9. The first kappa shape index (κ1) is 14.9. The highest BCUT2D eigenvalue weighted by Gasteiger charge is 2.19. The van der Waals surface area contributed by atoms with Crippen LogP contribution in [0.25, 0.3) is 0 Å². The minimum absolute atomic E-state index is 0.252. The second-order valence-corrected chi connectivity index (χ2v) is 5.12. The first-order valence-electron chi connectivity index (χ1n) is 6.77. The molecule has 1 aromatic carbocycles. The Morgan fingerprint density at radius 1 is 1.55 bits per heavy atom. The largest absolute Gasteiger partial charge is 0.465 e. The fourth-order valence-corrected chi connectivity index (χ4v) is 2.48. The SMILES string of the molecule is COC(=O)c1cc(F)ccc1CN(C)C[C@H]1CCCO1. The van der Waals surface area contributed by atoms with Crippen LogP contribution < -0.4 is 0 Å². The lowest BCUT2D eigenvalue weighted by molar-refractivity contribution is 0.0596. The molecule has 1 heterocycles. The highest BCUT2D eigenvalue weighted by atomic mass is 19.1. The van der Waals surface area contributed by atoms with Crippen molar-refractivity contribution in [3.63, 3.8) is 0 Å². The third-order valence-electron chi connectivity index (χ3n) is 3.46. The molecule has 0 spiro atoms. The first-order chi connectivity index (χ1) is 9.60. The molecule has 2 rings (SSSR count). The molecule has 1 aliphatic rings. The molecule has 1 aromatic rings. The number of ether oxygens (including phenoxy) is 2. The minimum atomic E-state index is -0.509. The average Bonchev–Trinajstić information content (AvgIpc) is 2.92. The van der Waals surface area contributed by atoms with E-state index in [1.54, 1.807) is 6.07 Å². The third-order valence-corrected chi connectivity index (χ3v) is 3.46. The average molecular weight is 281 g/mol. The van der Waals surface area contributed by atoms with E-state index >= 15 is 0 Å². The van der Waals surface area contributed by atoms with E-state index in [1.807, 2.05) is 7.05 Å². The third kappa shape index (κ3) is 3.77. The van der Waals surface area contributed by atoms with E-state index in [-0.39, 0.29) is 11.7 Å². The molecule has 1 atom stereocenters. The Morgan fingerprint density at radius 2 is 2.35 bits per heavy atom. The monoisotopic (exact) mass is 281 g/mol. The van der Waals surface area contributed by atoms with E-state index in [2.05, 4.69) is 4.90 Å². The number of benzene rings is 1. The summed E-state index contributed by atoms with van der Waals surface area (Å²) in [4.78, 5) is 13.8. The molecular weight excluding hydrogens is 261 g/mol. The number of hydrogen-bond donors (Lipinski definition) is 0. The molecule has 0 radical (unpaired) electrons. The van der Waals surface area contributed by atoms with Crippen LogP contribution in [0.4, 0.5) is 4.39 Å². The Labute approximate surface area is 118 Å². The Kier molecular flexibility index (Phi) is 5.09. The van der Waals surface area contributed by atoms with E-state index in [0.717, 1.165) is 31.6 Å². The molecule has 4 nitrogen and oxygen atoms in total. The summed E-state index contributed by atoms with van der Waals surface area (Å²) in [6, 6.07) is 4.22. The zero-order chi connectivity index (χ0) is 14.5. The molecule has 1 aliphatic heterocycles. The molecule has 5 heteroatoms. The number of hydrogen-bond acceptors (Lipinski definition) is 4. The lowest BCUT2D eigenvalue weighted by atomic mass is 10.1. The maximum atomic E-state index is 13.3. The van der Waals surface area contributed by atoms with Gasteiger partial charge in [0.1, 0.15) is 5.82 Å². The highest BCUT2D eigenvalue weighted by molar-refractivity contribution is 5.91. The molecule has 110 valence electrons. The van der Waals surface area contributed by atoms with E-state index in [1.165, 1.54) is 19.2 Å². The summed E-state index contributed by atoms with van der Waals surface area (Å²) in [5, 5.41) is 0. The second kappa shape index (κ2) is 6.81. The van der Waals surface area contributed by atoms with Gasteiger partial charge in [-0.3, -0.25) is 4.90 Å². The number of rotatable bonds is 5. The Bertz CT molecular complexity index is 472. The molecule has 0 amide bonds. The standard InChI is InChI=1S/C15H20FNO3/c1-17(10-13-4-3-7-20-13)9-11-5-6-12(16)8-14(11)15(18)19-2/h5-6,8,13H,3-4,7,9-10H2,1-2H3/t13-/m1/s1. The van der Waals surface area contributed by atoms with Crippen LogP contribution in [-0.4, -0.2) is 44.3 Å². The summed E-state index contributed by atoms with van der Waals surface area (Å²) in [7, 11) is 3.26. The minimum Gasteiger partial charge on any atom is -0.465 e. The van der Waals surface area contributed by atoms with Gasteiger partial charge in [0.15, 0.2) is 0 Å². The van der Waals surface area contributed by atoms with Gasteiger partial charge in [-0.15, -0.1) is 0 Å². The molecule has 0 unspecified atom stereocenters. The van der Waals surface area contributed by atoms with Crippen LogP contribution in [0.5, 0.6) is 0 Å². The number of esters is 1. The van der Waals surface area contributed by atoms with Crippen LogP contribution in [0, 0.1) is 5.82 Å². The lowest BCUT2D eigenvalue weighted by Crippen LogP contribution is -2.29. The first-order valence-corrected chi connectivity index (χ1v) is 6.77. The van der Waals surface area contributed by atoms with E-state index in [4.69, 9.17) is 9.47 Å². The van der Waals surface area contributed by atoms with E-state index in [9.17, 15) is 9.18 Å². The van der Waals surface area contributed by atoms with Crippen molar-refractivity contribution < 1.29 is 18.7 Å². The number of halogens is 1. The molecule has 20 heavy (non-hydrogen) atoms. The van der Waals surface area contributed by atoms with Gasteiger partial charge >= 0.3 is 5.97 Å². The van der Waals surface area contributed by atoms with E-state index in [0.29, 0.717) is 6.54 Å². The topological polar surface area (TPSA) is 38.8 Å². The highest BCUT2D eigenvalue weighted by Crippen LogP contribution is 2.17. The summed E-state index contributed by atoms with van der Waals surface area (Å²) < 4.78 is 23.6. The van der Waals surface area contributed by atoms with Gasteiger partial charge in [-0.25, -0.2) is 9.18 Å². The van der Waals surface area contributed by atoms with Crippen molar-refractivity contribution in [3.8, 4) is 0 Å². The van der Waals surface area contributed by atoms with E-state index < -0.39 is 11.8 Å². The second-order valence-electron chi connectivity index (χ2n) is 5.12. The van der Waals surface area contributed by atoms with Crippen molar-refractivity contribution in [1.29, 1.82) is 0 Å². The number of methoxy groups -OCH3 is 1. The lowest BCUT2D eigenvalue weighted by Gasteiger charge is -2.21. The molecule has 1 saturated heterocycles. The van der Waals surface area contributed by atoms with Gasteiger partial charge in [0.2, 0.25) is 0 Å². The number of nitrogens with zero attached hydrogens (tertiary/aromatic N) is 1. The quantitative estimate of drug-likeness (QED) is 0.776. The number of likely N-dealkylation sites (N-methyl/N-ethyl adjacent to an activating group) is 1. The fourth-order valence-electron chi connectivity index (χ4n) is 2.48. The number of carbonyl (C=O) groups is 1. The summed E-state index contributed by atoms with van der Waals surface area (Å²) in [6.07, 6.45) is 2.42. The zero-order valence-electron chi connectivity index (χ0n) is 11.9. The van der Waals surface area contributed by atoms with Gasteiger partial charge in [-0.1, -0.05) is 6.07 Å². The molecule has 0 N–H and O–H groups in total. The van der Waals surface area contributed by atoms with Crippen LogP contribution in [0.3, 0.4) is 0 Å². The summed E-state index contributed by atoms with van der Waals surface area (Å²) in [5.74, 6) is -0.944. The van der Waals surface area contributed by atoms with Gasteiger partial charge in [0.25, 0.3) is 0 Å². The fraction of sp³-hybridized carbons (Fsp3) is 0.533. The normalized spacial score (nSPS) is 18.5. The van der Waals surface area contributed by atoms with Crippen molar-refractivity contribution in [2.45, 2.75) is 25.5 Å². The predicted octanol–water partition coefficient (Wildman–Crippen LogP) is 2.22. The predicted molar refractivity (Wildman–Crippen MR) is 73.0 cm³/mol. The molecule has 0 aromatic heterocycles. The Balaban J connectivity index is 2.05. The van der Waals surface area contributed by atoms with Crippen molar-refractivity contribution in [2.75, 3.05) is 27.3 Å². The molecule has 0 aliphatic carbocycles.